The molecule has 455 valence electrons. The molecule has 2 aliphatic rings. The lowest BCUT2D eigenvalue weighted by Gasteiger charge is -2.13. The number of hydrogen-bond donors (Lipinski definition) is 1. The van der Waals surface area contributed by atoms with Gasteiger partial charge >= 0.3 is 7.69 Å². The number of benzene rings is 18. The van der Waals surface area contributed by atoms with Gasteiger partial charge in [0.1, 0.15) is 5.75 Å². The number of hydrogen-bond acceptors (Lipinski definition) is 2. The fourth-order valence-electron chi connectivity index (χ4n) is 15.3. The molecule has 18 aromatic carbocycles. The summed E-state index contributed by atoms with van der Waals surface area (Å²) in [6, 6.07) is 123. The predicted molar refractivity (Wildman–Crippen MR) is 418 cm³/mol. The largest absolute Gasteiger partial charge is 0.569 e. The van der Waals surface area contributed by atoms with E-state index in [9.17, 15) is 0 Å². The van der Waals surface area contributed by atoms with Crippen LogP contribution >= 0.6 is 15.9 Å². The minimum absolute atomic E-state index is 0. The van der Waals surface area contributed by atoms with Gasteiger partial charge in [-0.3, -0.25) is 0 Å². The van der Waals surface area contributed by atoms with E-state index in [-0.39, 0.29) is 7.43 Å². The van der Waals surface area contributed by atoms with E-state index in [1.54, 1.807) is 0 Å². The molecule has 0 atom stereocenters. The SMILES string of the molecule is Brc1ccc2ccc(-c3cc4ccccc4c4ccccc34)cc2c1.C.O[B]Oc1cccc(-c2ccc3c4c(cccc24)-c2ccccc2-3)c1.c1cc(-c2ccc3ccc(-c4cc5ccccc5c5ccccc45)cc3c2)cc(-c2ccc3c4c(cccc24)-c2ccccc2-3)c1. The zero-order valence-corrected chi connectivity index (χ0v) is 53.7. The molecule has 0 saturated carbocycles. The van der Waals surface area contributed by atoms with E-state index in [0.29, 0.717) is 13.4 Å². The van der Waals surface area contributed by atoms with Crippen LogP contribution in [0.4, 0.5) is 0 Å². The molecule has 1 radical (unpaired) electrons. The second-order valence-corrected chi connectivity index (χ2v) is 26.0. The highest BCUT2D eigenvalue weighted by atomic mass is 79.9. The molecule has 2 nitrogen and oxygen atoms in total. The molecule has 0 bridgehead atoms. The molecule has 20 rings (SSSR count). The third kappa shape index (κ3) is 10.3. The topological polar surface area (TPSA) is 29.5 Å². The molecule has 97 heavy (non-hydrogen) atoms. The Labute approximate surface area is 573 Å². The van der Waals surface area contributed by atoms with Crippen molar-refractivity contribution in [1.82, 2.24) is 0 Å². The lowest BCUT2D eigenvalue weighted by molar-refractivity contribution is 0.454. The monoisotopic (exact) mass is 1300 g/mol. The van der Waals surface area contributed by atoms with Crippen LogP contribution in [-0.2, 0) is 0 Å². The molecule has 1 N–H and O–H groups in total. The van der Waals surface area contributed by atoms with Gasteiger partial charge in [0.25, 0.3) is 0 Å². The van der Waals surface area contributed by atoms with Gasteiger partial charge in [0.2, 0.25) is 0 Å². The minimum Gasteiger partial charge on any atom is -0.537 e. The zero-order chi connectivity index (χ0) is 63.8. The van der Waals surface area contributed by atoms with E-state index < -0.39 is 0 Å². The Kier molecular flexibility index (Phi) is 15.0. The van der Waals surface area contributed by atoms with Crippen LogP contribution in [0, 0.1) is 0 Å². The Morgan fingerprint density at radius 3 is 1.09 bits per heavy atom. The highest BCUT2D eigenvalue weighted by Crippen LogP contribution is 2.51. The fraction of sp³-hybridized carbons (Fsp3) is 0.0108. The lowest BCUT2D eigenvalue weighted by atomic mass is 9.91. The van der Waals surface area contributed by atoms with Crippen LogP contribution in [0.15, 0.2) is 344 Å². The van der Waals surface area contributed by atoms with E-state index >= 15 is 0 Å². The normalized spacial score (nSPS) is 11.5. The average molecular weight is 1300 g/mol. The van der Waals surface area contributed by atoms with Gasteiger partial charge in [-0.1, -0.05) is 302 Å². The van der Waals surface area contributed by atoms with Gasteiger partial charge in [0.15, 0.2) is 0 Å². The first-order valence-corrected chi connectivity index (χ1v) is 33.5. The Balaban J connectivity index is 0.000000118. The fourth-order valence-corrected chi connectivity index (χ4v) is 15.7. The van der Waals surface area contributed by atoms with Gasteiger partial charge in [0, 0.05) is 4.47 Å². The van der Waals surface area contributed by atoms with Gasteiger partial charge in [-0.15, -0.1) is 0 Å². The molecular weight excluding hydrogens is 1240 g/mol. The van der Waals surface area contributed by atoms with Crippen LogP contribution in [0.25, 0.3) is 186 Å². The summed E-state index contributed by atoms with van der Waals surface area (Å²) in [6.45, 7) is 0. The third-order valence-electron chi connectivity index (χ3n) is 19.7. The molecule has 0 fully saturated rings. The Morgan fingerprint density at radius 2 is 0.567 bits per heavy atom. The van der Waals surface area contributed by atoms with Crippen molar-refractivity contribution in [3.63, 3.8) is 0 Å². The molecule has 0 saturated heterocycles. The maximum absolute atomic E-state index is 8.89. The number of fused-ring (bicyclic) bond motifs is 14. The van der Waals surface area contributed by atoms with Crippen molar-refractivity contribution in [3.8, 4) is 106 Å². The van der Waals surface area contributed by atoms with Gasteiger partial charge in [-0.25, -0.2) is 0 Å². The van der Waals surface area contributed by atoms with Crippen molar-refractivity contribution in [2.24, 2.45) is 0 Å². The molecule has 4 heteroatoms. The van der Waals surface area contributed by atoms with E-state index in [1.807, 2.05) is 18.2 Å². The second kappa shape index (κ2) is 24.6. The van der Waals surface area contributed by atoms with E-state index in [4.69, 9.17) is 9.68 Å². The van der Waals surface area contributed by atoms with Crippen LogP contribution in [0.5, 0.6) is 5.75 Å². The van der Waals surface area contributed by atoms with Crippen molar-refractivity contribution in [3.05, 3.63) is 344 Å². The molecule has 0 amide bonds. The van der Waals surface area contributed by atoms with Gasteiger partial charge in [-0.2, -0.15) is 0 Å². The van der Waals surface area contributed by atoms with Crippen LogP contribution in [0.2, 0.25) is 0 Å². The summed E-state index contributed by atoms with van der Waals surface area (Å²) in [4.78, 5) is 0. The van der Waals surface area contributed by atoms with Crippen molar-refractivity contribution >= 4 is 110 Å². The summed E-state index contributed by atoms with van der Waals surface area (Å²) >= 11 is 3.59. The van der Waals surface area contributed by atoms with E-state index in [1.165, 1.54) is 175 Å². The predicted octanol–water partition coefficient (Wildman–Crippen LogP) is 26.2. The van der Waals surface area contributed by atoms with Crippen molar-refractivity contribution in [1.29, 1.82) is 0 Å². The summed E-state index contributed by atoms with van der Waals surface area (Å²) in [6.07, 6.45) is 0. The first kappa shape index (κ1) is 59.1. The molecule has 0 aromatic heterocycles. The van der Waals surface area contributed by atoms with Crippen LogP contribution in [0.1, 0.15) is 7.43 Å². The van der Waals surface area contributed by atoms with Crippen molar-refractivity contribution in [2.75, 3.05) is 0 Å². The van der Waals surface area contributed by atoms with Crippen molar-refractivity contribution < 1.29 is 9.68 Å². The lowest BCUT2D eigenvalue weighted by Crippen LogP contribution is -1.99. The highest BCUT2D eigenvalue weighted by Gasteiger charge is 2.24. The Hall–Kier alpha value is -11.7. The maximum atomic E-state index is 8.89. The Bertz CT molecular complexity index is 6150. The van der Waals surface area contributed by atoms with E-state index in [0.717, 1.165) is 15.6 Å². The minimum atomic E-state index is 0. The summed E-state index contributed by atoms with van der Waals surface area (Å²) in [5.74, 6) is 0.617. The number of halogens is 1. The third-order valence-corrected chi connectivity index (χ3v) is 20.2. The van der Waals surface area contributed by atoms with Crippen LogP contribution in [0.3, 0.4) is 0 Å². The average Bonchev–Trinajstić information content (AvgIpc) is 1.63. The first-order valence-electron chi connectivity index (χ1n) is 32.7. The summed E-state index contributed by atoms with van der Waals surface area (Å²) in [5.41, 5.74) is 22.8. The first-order chi connectivity index (χ1) is 47.5. The molecule has 2 aliphatic carbocycles. The van der Waals surface area contributed by atoms with Gasteiger partial charge in [-0.05, 0) is 247 Å². The smallest absolute Gasteiger partial charge is 0.537 e. The van der Waals surface area contributed by atoms with Crippen LogP contribution < -0.4 is 4.65 Å². The zero-order valence-electron chi connectivity index (χ0n) is 52.1. The quantitative estimate of drug-likeness (QED) is 0.127. The standard InChI is InChI=1S/C46H28.C24H15Br.C22H14BO2.CH4/c1-2-12-36-33(9-1)28-45(41-16-6-3-13-38(36)41)34-22-20-29-19-21-31(26-35(29)27-34)30-10-7-11-32(25-30)37-23-24-44-40-15-5-4-14-39(40)43-18-8-17-42(37)46(43)44;25-20-12-11-16-9-10-18(13-19(16)14-20)24-15-17-5-1-2-6-21(17)22-7-3-4-8-23(22)24;24-23-25-15-6-3-5-14(13-15)16-11-12-21-18-8-2-1-7-17(18)20-10-4-9-19(16)22(20)21;/h1-28H;1-15H;1-13,24H;1H4. The summed E-state index contributed by atoms with van der Waals surface area (Å²) in [7, 11) is 0.712. The second-order valence-electron chi connectivity index (χ2n) is 25.1. The summed E-state index contributed by atoms with van der Waals surface area (Å²) in [5, 5.41) is 29.5. The molecule has 18 aromatic rings. The molecule has 0 spiro atoms. The maximum Gasteiger partial charge on any atom is 0.569 e. The van der Waals surface area contributed by atoms with Gasteiger partial charge in [0.05, 0.1) is 0 Å². The van der Waals surface area contributed by atoms with Crippen molar-refractivity contribution in [2.45, 2.75) is 7.43 Å². The Morgan fingerprint density at radius 1 is 0.216 bits per heavy atom. The molecular formula is C93H61BBrO2. The molecule has 0 aliphatic heterocycles. The number of rotatable bonds is 7. The van der Waals surface area contributed by atoms with Crippen LogP contribution in [-0.4, -0.2) is 12.7 Å². The molecule has 0 heterocycles. The highest BCUT2D eigenvalue weighted by molar-refractivity contribution is 9.10. The van der Waals surface area contributed by atoms with E-state index in [2.05, 4.69) is 337 Å². The summed E-state index contributed by atoms with van der Waals surface area (Å²) < 4.78 is 6.23. The van der Waals surface area contributed by atoms with Gasteiger partial charge < -0.3 is 9.68 Å². The molecule has 0 unspecified atom stereocenters.